The first-order valence-corrected chi connectivity index (χ1v) is 5.49. The summed E-state index contributed by atoms with van der Waals surface area (Å²) in [6, 6.07) is 5.16. The van der Waals surface area contributed by atoms with Crippen molar-refractivity contribution in [3.8, 4) is 0 Å². The molecule has 0 bridgehead atoms. The molecule has 1 aliphatic rings. The molecule has 0 unspecified atom stereocenters. The van der Waals surface area contributed by atoms with Gasteiger partial charge in [-0.05, 0) is 31.0 Å². The average molecular weight is 231 g/mol. The highest BCUT2D eigenvalue weighted by Gasteiger charge is 2.28. The smallest absolute Gasteiger partial charge is 0.279 e. The molecule has 1 aliphatic carbocycles. The minimum atomic E-state index is -0.208. The van der Waals surface area contributed by atoms with Crippen molar-refractivity contribution in [2.45, 2.75) is 18.8 Å². The molecule has 1 aromatic heterocycles. The maximum Gasteiger partial charge on any atom is 0.279 e. The number of benzene rings is 1. The predicted octanol–water partition coefficient (Wildman–Crippen LogP) is 0.273. The summed E-state index contributed by atoms with van der Waals surface area (Å²) in [5.74, 6) is 12.1. The lowest BCUT2D eigenvalue weighted by atomic mass is 10.2. The van der Waals surface area contributed by atoms with Crippen LogP contribution in [0.5, 0.6) is 0 Å². The monoisotopic (exact) mass is 231 g/mol. The third-order valence-corrected chi connectivity index (χ3v) is 3.04. The molecule has 0 atom stereocenters. The van der Waals surface area contributed by atoms with Crippen LogP contribution < -0.4 is 22.7 Å². The number of nitrogens with one attached hydrogen (secondary N) is 1. The van der Waals surface area contributed by atoms with Gasteiger partial charge in [-0.15, -0.1) is 0 Å². The molecule has 1 heterocycles. The van der Waals surface area contributed by atoms with Crippen molar-refractivity contribution in [2.24, 2.45) is 5.84 Å². The third-order valence-electron chi connectivity index (χ3n) is 3.04. The number of hydrogen-bond acceptors (Lipinski definition) is 5. The van der Waals surface area contributed by atoms with Crippen molar-refractivity contribution >= 4 is 16.6 Å². The quantitative estimate of drug-likeness (QED) is 0.509. The Morgan fingerprint density at radius 3 is 2.82 bits per heavy atom. The number of nitrogens with zero attached hydrogens (tertiary/aromatic N) is 2. The first kappa shape index (κ1) is 10.1. The molecule has 0 saturated heterocycles. The minimum absolute atomic E-state index is 0.208. The highest BCUT2D eigenvalue weighted by Crippen LogP contribution is 2.38. The standard InChI is InChI=1S/C11H13N5O/c12-15-7-3-4-8-9(5-7)14-10(6-1-2-6)16(13)11(8)17/h3-6,15H,1-2,12-13H2. The molecule has 6 heteroatoms. The number of nitrogen functional groups attached to an aromatic ring is 2. The maximum atomic E-state index is 12.0. The minimum Gasteiger partial charge on any atom is -0.335 e. The van der Waals surface area contributed by atoms with E-state index in [2.05, 4.69) is 10.4 Å². The van der Waals surface area contributed by atoms with Gasteiger partial charge in [0.25, 0.3) is 5.56 Å². The third kappa shape index (κ3) is 1.53. The number of fused-ring (bicyclic) bond motifs is 1. The zero-order valence-electron chi connectivity index (χ0n) is 9.18. The van der Waals surface area contributed by atoms with E-state index in [4.69, 9.17) is 11.7 Å². The van der Waals surface area contributed by atoms with Gasteiger partial charge in [-0.2, -0.15) is 0 Å². The topological polar surface area (TPSA) is 99.0 Å². The van der Waals surface area contributed by atoms with Gasteiger partial charge in [-0.25, -0.2) is 9.66 Å². The summed E-state index contributed by atoms with van der Waals surface area (Å²) in [5.41, 5.74) is 3.69. The summed E-state index contributed by atoms with van der Waals surface area (Å²) in [6.45, 7) is 0. The number of aromatic nitrogens is 2. The fourth-order valence-corrected chi connectivity index (χ4v) is 1.94. The summed E-state index contributed by atoms with van der Waals surface area (Å²) < 4.78 is 1.16. The van der Waals surface area contributed by atoms with E-state index in [0.29, 0.717) is 22.6 Å². The van der Waals surface area contributed by atoms with E-state index in [-0.39, 0.29) is 5.56 Å². The van der Waals surface area contributed by atoms with Crippen LogP contribution in [-0.4, -0.2) is 9.66 Å². The molecule has 17 heavy (non-hydrogen) atoms. The largest absolute Gasteiger partial charge is 0.335 e. The molecule has 6 nitrogen and oxygen atoms in total. The molecule has 0 amide bonds. The van der Waals surface area contributed by atoms with Gasteiger partial charge in [-0.3, -0.25) is 10.6 Å². The molecule has 0 spiro atoms. The second-order valence-corrected chi connectivity index (χ2v) is 4.30. The Morgan fingerprint density at radius 2 is 2.18 bits per heavy atom. The Balaban J connectivity index is 2.31. The van der Waals surface area contributed by atoms with Crippen molar-refractivity contribution in [1.29, 1.82) is 0 Å². The Hall–Kier alpha value is -2.08. The van der Waals surface area contributed by atoms with E-state index in [1.54, 1.807) is 18.2 Å². The summed E-state index contributed by atoms with van der Waals surface area (Å²) in [7, 11) is 0. The molecular formula is C11H13N5O. The summed E-state index contributed by atoms with van der Waals surface area (Å²) in [6.07, 6.45) is 2.09. The van der Waals surface area contributed by atoms with Crippen LogP contribution in [0.1, 0.15) is 24.6 Å². The van der Waals surface area contributed by atoms with E-state index in [1.165, 1.54) is 0 Å². The van der Waals surface area contributed by atoms with Crippen LogP contribution in [0.15, 0.2) is 23.0 Å². The van der Waals surface area contributed by atoms with E-state index >= 15 is 0 Å². The molecular weight excluding hydrogens is 218 g/mol. The fourth-order valence-electron chi connectivity index (χ4n) is 1.94. The molecule has 1 aromatic carbocycles. The molecule has 5 N–H and O–H groups in total. The summed E-state index contributed by atoms with van der Waals surface area (Å²) in [4.78, 5) is 16.5. The SMILES string of the molecule is NNc1ccc2c(=O)n(N)c(C3CC3)nc2c1. The van der Waals surface area contributed by atoms with Crippen molar-refractivity contribution in [3.63, 3.8) is 0 Å². The van der Waals surface area contributed by atoms with Crippen LogP contribution in [0.3, 0.4) is 0 Å². The van der Waals surface area contributed by atoms with Gasteiger partial charge in [0.05, 0.1) is 16.6 Å². The first-order chi connectivity index (χ1) is 8.20. The number of hydrogen-bond donors (Lipinski definition) is 3. The molecule has 1 fully saturated rings. The van der Waals surface area contributed by atoms with Gasteiger partial charge in [0.1, 0.15) is 5.82 Å². The zero-order valence-corrected chi connectivity index (χ0v) is 9.18. The van der Waals surface area contributed by atoms with E-state index in [9.17, 15) is 4.79 Å². The van der Waals surface area contributed by atoms with Crippen molar-refractivity contribution in [1.82, 2.24) is 9.66 Å². The molecule has 2 aromatic rings. The highest BCUT2D eigenvalue weighted by atomic mass is 16.1. The molecule has 88 valence electrons. The highest BCUT2D eigenvalue weighted by molar-refractivity contribution is 5.81. The predicted molar refractivity (Wildman–Crippen MR) is 65.9 cm³/mol. The van der Waals surface area contributed by atoms with Gasteiger partial charge < -0.3 is 11.3 Å². The van der Waals surface area contributed by atoms with Gasteiger partial charge in [0.15, 0.2) is 0 Å². The second-order valence-electron chi connectivity index (χ2n) is 4.30. The molecule has 0 radical (unpaired) electrons. The zero-order chi connectivity index (χ0) is 12.0. The van der Waals surface area contributed by atoms with E-state index < -0.39 is 0 Å². The molecule has 0 aliphatic heterocycles. The fraction of sp³-hybridized carbons (Fsp3) is 0.273. The van der Waals surface area contributed by atoms with E-state index in [1.807, 2.05) is 0 Å². The van der Waals surface area contributed by atoms with Gasteiger partial charge in [0, 0.05) is 5.92 Å². The van der Waals surface area contributed by atoms with Crippen LogP contribution in [0.4, 0.5) is 5.69 Å². The Labute approximate surface area is 97.2 Å². The van der Waals surface area contributed by atoms with E-state index in [0.717, 1.165) is 23.2 Å². The Kier molecular flexibility index (Phi) is 2.05. The van der Waals surface area contributed by atoms with Crippen molar-refractivity contribution in [2.75, 3.05) is 11.3 Å². The van der Waals surface area contributed by atoms with Crippen LogP contribution in [0.2, 0.25) is 0 Å². The van der Waals surface area contributed by atoms with Crippen molar-refractivity contribution < 1.29 is 0 Å². The maximum absolute atomic E-state index is 12.0. The number of rotatable bonds is 2. The van der Waals surface area contributed by atoms with Gasteiger partial charge in [0.2, 0.25) is 0 Å². The average Bonchev–Trinajstić information content (AvgIpc) is 3.17. The molecule has 3 rings (SSSR count). The number of nitrogens with two attached hydrogens (primary N) is 2. The van der Waals surface area contributed by atoms with Crippen LogP contribution in [-0.2, 0) is 0 Å². The van der Waals surface area contributed by atoms with Gasteiger partial charge >= 0.3 is 0 Å². The van der Waals surface area contributed by atoms with Crippen LogP contribution in [0, 0.1) is 0 Å². The van der Waals surface area contributed by atoms with Crippen LogP contribution in [0.25, 0.3) is 10.9 Å². The van der Waals surface area contributed by atoms with Crippen molar-refractivity contribution in [3.05, 3.63) is 34.4 Å². The summed E-state index contributed by atoms with van der Waals surface area (Å²) in [5, 5.41) is 0.510. The second kappa shape index (κ2) is 3.46. The lowest BCUT2D eigenvalue weighted by Crippen LogP contribution is -2.31. The Morgan fingerprint density at radius 1 is 1.41 bits per heavy atom. The Bertz CT molecular complexity index is 644. The van der Waals surface area contributed by atoms with Gasteiger partial charge in [-0.1, -0.05) is 0 Å². The number of anilines is 1. The lowest BCUT2D eigenvalue weighted by Gasteiger charge is -2.08. The first-order valence-electron chi connectivity index (χ1n) is 5.49. The molecule has 1 saturated carbocycles. The van der Waals surface area contributed by atoms with Crippen LogP contribution >= 0.6 is 0 Å². The lowest BCUT2D eigenvalue weighted by molar-refractivity contribution is 0.791. The normalized spacial score (nSPS) is 15.1. The number of hydrazine groups is 1. The summed E-state index contributed by atoms with van der Waals surface area (Å²) >= 11 is 0.